The van der Waals surface area contributed by atoms with Gasteiger partial charge >= 0.3 is 29.8 Å². The molecule has 1 aromatic carbocycles. The Morgan fingerprint density at radius 2 is 1.32 bits per heavy atom. The van der Waals surface area contributed by atoms with Crippen molar-refractivity contribution in [3.63, 3.8) is 0 Å². The lowest BCUT2D eigenvalue weighted by Gasteiger charge is -2.51. The summed E-state index contributed by atoms with van der Waals surface area (Å²) in [4.78, 5) is 104. The number of rotatable bonds is 14. The zero-order chi connectivity index (χ0) is 42.5. The zero-order valence-electron chi connectivity index (χ0n) is 32.9. The predicted molar refractivity (Wildman–Crippen MR) is 188 cm³/mol. The maximum absolute atomic E-state index is 14.1. The lowest BCUT2D eigenvalue weighted by atomic mass is 9.93. The van der Waals surface area contributed by atoms with Gasteiger partial charge < -0.3 is 53.1 Å². The molecule has 3 aliphatic rings. The van der Waals surface area contributed by atoms with E-state index in [1.165, 1.54) is 45.2 Å². The third-order valence-electron chi connectivity index (χ3n) is 9.03. The third kappa shape index (κ3) is 10.5. The number of aliphatic carboxylic acids is 1. The number of hydrogen-bond donors (Lipinski definition) is 2. The number of fused-ring (bicyclic) bond motifs is 1. The highest BCUT2D eigenvalue weighted by atomic mass is 16.7. The highest BCUT2D eigenvalue weighted by Gasteiger charge is 2.60. The summed E-state index contributed by atoms with van der Waals surface area (Å²) in [7, 11) is 1.23. The van der Waals surface area contributed by atoms with Crippen molar-refractivity contribution in [2.75, 3.05) is 20.3 Å². The van der Waals surface area contributed by atoms with E-state index in [2.05, 4.69) is 5.32 Å². The van der Waals surface area contributed by atoms with Crippen molar-refractivity contribution in [2.24, 2.45) is 5.41 Å². The van der Waals surface area contributed by atoms with Gasteiger partial charge in [0.25, 0.3) is 11.8 Å². The molecular formula is C37H48N2O18. The van der Waals surface area contributed by atoms with Gasteiger partial charge in [-0.05, 0) is 39.8 Å². The molecule has 0 saturated carbocycles. The van der Waals surface area contributed by atoms with E-state index < -0.39 is 134 Å². The second-order valence-electron chi connectivity index (χ2n) is 14.5. The van der Waals surface area contributed by atoms with Crippen LogP contribution in [0, 0.1) is 5.41 Å². The molecule has 0 spiro atoms. The van der Waals surface area contributed by atoms with Crippen molar-refractivity contribution in [1.29, 1.82) is 0 Å². The average molecular weight is 809 g/mol. The minimum atomic E-state index is -1.93. The van der Waals surface area contributed by atoms with Crippen LogP contribution in [0.1, 0.15) is 76.1 Å². The number of carboxylic acids is 1. The first-order chi connectivity index (χ1) is 26.7. The van der Waals surface area contributed by atoms with E-state index in [1.807, 2.05) is 0 Å². The van der Waals surface area contributed by atoms with Gasteiger partial charge in [0.15, 0.2) is 30.9 Å². The normalized spacial score (nSPS) is 29.1. The van der Waals surface area contributed by atoms with Gasteiger partial charge in [-0.1, -0.05) is 12.1 Å². The summed E-state index contributed by atoms with van der Waals surface area (Å²) < 4.78 is 52.7. The molecule has 4 rings (SSSR count). The first-order valence-corrected chi connectivity index (χ1v) is 17.9. The molecule has 0 aromatic heterocycles. The van der Waals surface area contributed by atoms with Crippen LogP contribution in [0.3, 0.4) is 0 Å². The van der Waals surface area contributed by atoms with Crippen molar-refractivity contribution < 1.29 is 86.1 Å². The Morgan fingerprint density at radius 3 is 1.81 bits per heavy atom. The number of carbonyl (C=O) groups is 8. The van der Waals surface area contributed by atoms with Gasteiger partial charge in [-0.2, -0.15) is 0 Å². The Balaban J connectivity index is 1.95. The number of esters is 4. The number of hydrogen-bond acceptors (Lipinski definition) is 17. The monoisotopic (exact) mass is 808 g/mol. The molecule has 2 fully saturated rings. The molecule has 0 bridgehead atoms. The van der Waals surface area contributed by atoms with E-state index in [4.69, 9.17) is 42.6 Å². The molecule has 57 heavy (non-hydrogen) atoms. The lowest BCUT2D eigenvalue weighted by molar-refractivity contribution is -0.341. The number of imide groups is 1. The number of nitrogens with one attached hydrogen (secondary N) is 1. The summed E-state index contributed by atoms with van der Waals surface area (Å²) in [6, 6.07) is 2.68. The Labute approximate surface area is 327 Å². The Kier molecular flexibility index (Phi) is 14.5. The number of carbonyl (C=O) groups excluding carboxylic acids is 7. The van der Waals surface area contributed by atoms with E-state index >= 15 is 0 Å². The first kappa shape index (κ1) is 44.7. The molecule has 2 N–H and O–H groups in total. The highest BCUT2D eigenvalue weighted by Crippen LogP contribution is 2.38. The maximum Gasteiger partial charge on any atom is 0.332 e. The van der Waals surface area contributed by atoms with Gasteiger partial charge in [-0.15, -0.1) is 0 Å². The van der Waals surface area contributed by atoms with Crippen LogP contribution in [0.25, 0.3) is 0 Å². The molecule has 0 unspecified atom stereocenters. The summed E-state index contributed by atoms with van der Waals surface area (Å²) in [5.74, 6) is -7.15. The smallest absolute Gasteiger partial charge is 0.332 e. The van der Waals surface area contributed by atoms with Gasteiger partial charge in [0, 0.05) is 34.8 Å². The number of amides is 3. The van der Waals surface area contributed by atoms with Crippen molar-refractivity contribution in [1.82, 2.24) is 10.2 Å². The van der Waals surface area contributed by atoms with Crippen LogP contribution >= 0.6 is 0 Å². The number of ether oxygens (including phenoxy) is 9. The van der Waals surface area contributed by atoms with E-state index in [0.29, 0.717) is 4.90 Å². The molecule has 11 atom stereocenters. The first-order valence-electron chi connectivity index (χ1n) is 17.9. The lowest BCUT2D eigenvalue weighted by Crippen LogP contribution is -2.71. The molecule has 3 heterocycles. The SMILES string of the molecule is CO[C@@H]1O[C@H](COC(=O)C(C)(C)C)[C@@H](O[C@@H]2O[C@H](COC(C)=O)[C@@H](OC(C)=O)[C@H](OC(C)=O)[C@H]2N2C(=O)c3ccccc3C2=O)[C@H](O[C@H](C)C(=O)O)[C@H]1NC(C)=O. The summed E-state index contributed by atoms with van der Waals surface area (Å²) in [5, 5.41) is 12.5. The number of methoxy groups -OCH3 is 1. The molecule has 2 saturated heterocycles. The van der Waals surface area contributed by atoms with Crippen LogP contribution in [0.4, 0.5) is 0 Å². The largest absolute Gasteiger partial charge is 0.479 e. The third-order valence-corrected chi connectivity index (χ3v) is 9.03. The molecule has 3 amide bonds. The average Bonchev–Trinajstić information content (AvgIpc) is 3.36. The quantitative estimate of drug-likeness (QED) is 0.147. The van der Waals surface area contributed by atoms with Gasteiger partial charge in [-0.25, -0.2) is 4.79 Å². The minimum absolute atomic E-state index is 0.0352. The highest BCUT2D eigenvalue weighted by molar-refractivity contribution is 6.21. The zero-order valence-corrected chi connectivity index (χ0v) is 32.9. The molecule has 20 nitrogen and oxygen atoms in total. The van der Waals surface area contributed by atoms with Gasteiger partial charge in [-0.3, -0.25) is 38.5 Å². The summed E-state index contributed by atoms with van der Waals surface area (Å²) in [6.45, 7) is 9.07. The summed E-state index contributed by atoms with van der Waals surface area (Å²) in [5.41, 5.74) is -1.08. The minimum Gasteiger partial charge on any atom is -0.479 e. The Morgan fingerprint density at radius 1 is 0.789 bits per heavy atom. The summed E-state index contributed by atoms with van der Waals surface area (Å²) in [6.07, 6.45) is -14.4. The molecule has 1 aromatic rings. The Bertz CT molecular complexity index is 1690. The van der Waals surface area contributed by atoms with Gasteiger partial charge in [0.1, 0.15) is 49.7 Å². The molecule has 3 aliphatic heterocycles. The Hall–Kier alpha value is -5.02. The van der Waals surface area contributed by atoms with Crippen molar-refractivity contribution in [2.45, 2.75) is 123 Å². The molecular weight excluding hydrogens is 760 g/mol. The van der Waals surface area contributed by atoms with E-state index in [-0.39, 0.29) is 11.1 Å². The fourth-order valence-electron chi connectivity index (χ4n) is 6.52. The van der Waals surface area contributed by atoms with Crippen LogP contribution in [-0.2, 0) is 71.4 Å². The predicted octanol–water partition coefficient (Wildman–Crippen LogP) is 0.511. The second kappa shape index (κ2) is 18.5. The maximum atomic E-state index is 14.1. The van der Waals surface area contributed by atoms with Crippen molar-refractivity contribution in [3.05, 3.63) is 35.4 Å². The van der Waals surface area contributed by atoms with Crippen LogP contribution in [0.5, 0.6) is 0 Å². The van der Waals surface area contributed by atoms with E-state index in [1.54, 1.807) is 20.8 Å². The standard InChI is InChI=1S/C37H48N2O18/c1-16(33(46)47)52-29-25(38-17(2)40)34(49-9)55-24(15-51-36(48)37(6,7)8)27(29)57-35-26(39-31(44)21-12-10-11-13-22(21)32(39)45)30(54-20(5)43)28(53-19(4)42)23(56-35)14-50-18(3)41/h10-13,16,23-30,34-35H,14-15H2,1-9H3,(H,38,40)(H,46,47)/t16-,23-,24-,25-,26-,27-,28-,29-,30-,34-,35+/m1/s1. The van der Waals surface area contributed by atoms with Crippen LogP contribution in [0.2, 0.25) is 0 Å². The molecule has 0 radical (unpaired) electrons. The fourth-order valence-corrected chi connectivity index (χ4v) is 6.52. The topological polar surface area (TPSA) is 255 Å². The molecule has 0 aliphatic carbocycles. The number of nitrogens with zero attached hydrogens (tertiary/aromatic N) is 1. The van der Waals surface area contributed by atoms with Crippen LogP contribution < -0.4 is 5.32 Å². The van der Waals surface area contributed by atoms with Crippen LogP contribution in [0.15, 0.2) is 24.3 Å². The van der Waals surface area contributed by atoms with Crippen molar-refractivity contribution >= 4 is 47.6 Å². The number of carboxylic acid groups (broad SMARTS) is 1. The molecule has 314 valence electrons. The van der Waals surface area contributed by atoms with E-state index in [9.17, 15) is 43.5 Å². The van der Waals surface area contributed by atoms with Gasteiger partial charge in [0.2, 0.25) is 5.91 Å². The van der Waals surface area contributed by atoms with E-state index in [0.717, 1.165) is 20.8 Å². The number of benzene rings is 1. The van der Waals surface area contributed by atoms with Gasteiger partial charge in [0.05, 0.1) is 16.5 Å². The summed E-state index contributed by atoms with van der Waals surface area (Å²) >= 11 is 0. The van der Waals surface area contributed by atoms with Crippen LogP contribution in [-0.4, -0.2) is 145 Å². The fraction of sp³-hybridized carbons (Fsp3) is 0.622. The van der Waals surface area contributed by atoms with Crippen molar-refractivity contribution in [3.8, 4) is 0 Å². The second-order valence-corrected chi connectivity index (χ2v) is 14.5. The molecule has 20 heteroatoms.